The van der Waals surface area contributed by atoms with E-state index in [1.807, 2.05) is 6.92 Å². The third-order valence-electron chi connectivity index (χ3n) is 3.39. The first-order valence-electron chi connectivity index (χ1n) is 6.54. The van der Waals surface area contributed by atoms with Gasteiger partial charge in [0, 0.05) is 0 Å². The van der Waals surface area contributed by atoms with Crippen molar-refractivity contribution in [3.8, 4) is 0 Å². The minimum absolute atomic E-state index is 0.150. The molecule has 0 saturated carbocycles. The summed E-state index contributed by atoms with van der Waals surface area (Å²) in [6, 6.07) is 3.95. The summed E-state index contributed by atoms with van der Waals surface area (Å²) in [5.41, 5.74) is 0.479. The maximum absolute atomic E-state index is 12.5. The molecule has 0 aliphatic carbocycles. The quantitative estimate of drug-likeness (QED) is 0.932. The molecule has 0 spiro atoms. The molecule has 1 aliphatic heterocycles. The predicted molar refractivity (Wildman–Crippen MR) is 80.2 cm³/mol. The Labute approximate surface area is 128 Å². The molecule has 0 radical (unpaired) electrons. The second-order valence-electron chi connectivity index (χ2n) is 4.81. The summed E-state index contributed by atoms with van der Waals surface area (Å²) in [5, 5.41) is 3.40. The van der Waals surface area contributed by atoms with Crippen molar-refractivity contribution in [3.05, 3.63) is 28.2 Å². The Morgan fingerprint density at radius 1 is 1.30 bits per heavy atom. The fourth-order valence-corrected chi connectivity index (χ4v) is 2.71. The van der Waals surface area contributed by atoms with E-state index in [2.05, 4.69) is 5.32 Å². The van der Waals surface area contributed by atoms with Crippen molar-refractivity contribution >= 4 is 40.7 Å². The Bertz CT molecular complexity index is 548. The lowest BCUT2D eigenvalue weighted by Crippen LogP contribution is -2.62. The van der Waals surface area contributed by atoms with E-state index in [1.54, 1.807) is 25.1 Å². The summed E-state index contributed by atoms with van der Waals surface area (Å²) < 4.78 is 0. The lowest BCUT2D eigenvalue weighted by Gasteiger charge is -2.37. The zero-order valence-electron chi connectivity index (χ0n) is 11.3. The van der Waals surface area contributed by atoms with Gasteiger partial charge in [-0.25, -0.2) is 0 Å². The Kier molecular flexibility index (Phi) is 4.55. The topological polar surface area (TPSA) is 49.4 Å². The number of nitrogens with zero attached hydrogens (tertiary/aromatic N) is 1. The van der Waals surface area contributed by atoms with Crippen molar-refractivity contribution in [1.82, 2.24) is 5.32 Å². The number of piperazine rings is 1. The summed E-state index contributed by atoms with van der Waals surface area (Å²) in [6.45, 7) is 3.64. The summed E-state index contributed by atoms with van der Waals surface area (Å²) in [5.74, 6) is -0.331. The first kappa shape index (κ1) is 15.1. The van der Waals surface area contributed by atoms with E-state index in [-0.39, 0.29) is 11.8 Å². The fourth-order valence-electron chi connectivity index (χ4n) is 2.32. The van der Waals surface area contributed by atoms with Gasteiger partial charge in [0.05, 0.1) is 15.7 Å². The van der Waals surface area contributed by atoms with Crippen LogP contribution in [-0.2, 0) is 9.59 Å². The highest BCUT2D eigenvalue weighted by Crippen LogP contribution is 2.34. The third kappa shape index (κ3) is 2.63. The lowest BCUT2D eigenvalue weighted by atomic mass is 10.0. The molecular weight excluding hydrogens is 299 g/mol. The molecule has 1 saturated heterocycles. The van der Waals surface area contributed by atoms with Crippen LogP contribution in [0.4, 0.5) is 5.69 Å². The molecule has 4 nitrogen and oxygen atoms in total. The second kappa shape index (κ2) is 6.02. The van der Waals surface area contributed by atoms with Crippen molar-refractivity contribution in [2.45, 2.75) is 38.8 Å². The number of nitrogens with one attached hydrogen (secondary N) is 1. The minimum atomic E-state index is -0.605. The monoisotopic (exact) mass is 314 g/mol. The Balaban J connectivity index is 2.43. The van der Waals surface area contributed by atoms with Crippen molar-refractivity contribution in [3.63, 3.8) is 0 Å². The Morgan fingerprint density at radius 2 is 2.00 bits per heavy atom. The van der Waals surface area contributed by atoms with E-state index < -0.39 is 12.1 Å². The first-order valence-corrected chi connectivity index (χ1v) is 7.30. The number of halogens is 2. The smallest absolute Gasteiger partial charge is 0.250 e. The van der Waals surface area contributed by atoms with Crippen molar-refractivity contribution in [2.24, 2.45) is 0 Å². The van der Waals surface area contributed by atoms with Crippen LogP contribution in [0.3, 0.4) is 0 Å². The molecule has 0 aromatic heterocycles. The maximum Gasteiger partial charge on any atom is 0.250 e. The van der Waals surface area contributed by atoms with Gasteiger partial charge < -0.3 is 5.32 Å². The zero-order chi connectivity index (χ0) is 14.9. The number of carbonyl (C=O) groups excluding carboxylic acids is 2. The van der Waals surface area contributed by atoms with Gasteiger partial charge in [-0.2, -0.15) is 0 Å². The maximum atomic E-state index is 12.5. The van der Waals surface area contributed by atoms with Crippen molar-refractivity contribution in [1.29, 1.82) is 0 Å². The Hall–Kier alpha value is -1.26. The van der Waals surface area contributed by atoms with E-state index in [0.29, 0.717) is 22.2 Å². The van der Waals surface area contributed by atoms with Gasteiger partial charge >= 0.3 is 0 Å². The van der Waals surface area contributed by atoms with Gasteiger partial charge in [0.1, 0.15) is 12.1 Å². The van der Waals surface area contributed by atoms with Crippen LogP contribution in [0.2, 0.25) is 10.0 Å². The van der Waals surface area contributed by atoms with E-state index >= 15 is 0 Å². The van der Waals surface area contributed by atoms with Crippen LogP contribution in [0.25, 0.3) is 0 Å². The number of hydrogen-bond acceptors (Lipinski definition) is 2. The third-order valence-corrected chi connectivity index (χ3v) is 4.20. The normalized spacial score (nSPS) is 22.9. The molecular formula is C14H16Cl2N2O2. The van der Waals surface area contributed by atoms with Gasteiger partial charge in [-0.3, -0.25) is 14.5 Å². The number of carbonyl (C=O) groups is 2. The summed E-state index contributed by atoms with van der Waals surface area (Å²) in [7, 11) is 0. The SMILES string of the molecule is CCCC1NC(=O)C(C)N(c2cccc(Cl)c2Cl)C1=O. The predicted octanol–water partition coefficient (Wildman–Crippen LogP) is 3.01. The van der Waals surface area contributed by atoms with Crippen molar-refractivity contribution < 1.29 is 9.59 Å². The number of hydrogen-bond donors (Lipinski definition) is 1. The van der Waals surface area contributed by atoms with E-state index in [4.69, 9.17) is 23.2 Å². The fraction of sp³-hybridized carbons (Fsp3) is 0.429. The summed E-state index contributed by atoms with van der Waals surface area (Å²) >= 11 is 12.2. The van der Waals surface area contributed by atoms with Crippen LogP contribution in [0.1, 0.15) is 26.7 Å². The minimum Gasteiger partial charge on any atom is -0.342 e. The molecule has 1 heterocycles. The number of benzene rings is 1. The highest BCUT2D eigenvalue weighted by atomic mass is 35.5. The summed E-state index contributed by atoms with van der Waals surface area (Å²) in [4.78, 5) is 26.0. The number of anilines is 1. The molecule has 1 aliphatic rings. The largest absolute Gasteiger partial charge is 0.342 e. The molecule has 1 fully saturated rings. The van der Waals surface area contributed by atoms with Crippen LogP contribution in [-0.4, -0.2) is 23.9 Å². The lowest BCUT2D eigenvalue weighted by molar-refractivity contribution is -0.133. The molecule has 1 N–H and O–H groups in total. The molecule has 6 heteroatoms. The van der Waals surface area contributed by atoms with E-state index in [1.165, 1.54) is 4.90 Å². The van der Waals surface area contributed by atoms with Gasteiger partial charge in [-0.1, -0.05) is 42.6 Å². The van der Waals surface area contributed by atoms with Gasteiger partial charge in [-0.15, -0.1) is 0 Å². The molecule has 0 bridgehead atoms. The van der Waals surface area contributed by atoms with Crippen LogP contribution < -0.4 is 10.2 Å². The molecule has 1 aromatic carbocycles. The molecule has 2 atom stereocenters. The average Bonchev–Trinajstić information content (AvgIpc) is 2.41. The van der Waals surface area contributed by atoms with Gasteiger partial charge in [0.15, 0.2) is 0 Å². The highest BCUT2D eigenvalue weighted by Gasteiger charge is 2.39. The van der Waals surface area contributed by atoms with Crippen LogP contribution in [0, 0.1) is 0 Å². The first-order chi connectivity index (χ1) is 9.47. The van der Waals surface area contributed by atoms with Crippen LogP contribution in [0.5, 0.6) is 0 Å². The summed E-state index contributed by atoms with van der Waals surface area (Å²) in [6.07, 6.45) is 1.41. The van der Waals surface area contributed by atoms with Crippen molar-refractivity contribution in [2.75, 3.05) is 4.90 Å². The van der Waals surface area contributed by atoms with Gasteiger partial charge in [0.25, 0.3) is 0 Å². The van der Waals surface area contributed by atoms with E-state index in [9.17, 15) is 9.59 Å². The Morgan fingerprint density at radius 3 is 2.65 bits per heavy atom. The number of rotatable bonds is 3. The van der Waals surface area contributed by atoms with Crippen LogP contribution in [0.15, 0.2) is 18.2 Å². The molecule has 2 unspecified atom stereocenters. The average molecular weight is 315 g/mol. The highest BCUT2D eigenvalue weighted by molar-refractivity contribution is 6.44. The second-order valence-corrected chi connectivity index (χ2v) is 5.59. The van der Waals surface area contributed by atoms with Gasteiger partial charge in [-0.05, 0) is 25.5 Å². The number of amides is 2. The molecule has 108 valence electrons. The van der Waals surface area contributed by atoms with Gasteiger partial charge in [0.2, 0.25) is 11.8 Å². The standard InChI is InChI=1S/C14H16Cl2N2O2/c1-3-5-10-14(20)18(8(2)13(19)17-10)11-7-4-6-9(15)12(11)16/h4,6-8,10H,3,5H2,1-2H3,(H,17,19). The molecule has 20 heavy (non-hydrogen) atoms. The van der Waals surface area contributed by atoms with E-state index in [0.717, 1.165) is 6.42 Å². The van der Waals surface area contributed by atoms with Crippen LogP contribution >= 0.6 is 23.2 Å². The molecule has 2 amide bonds. The zero-order valence-corrected chi connectivity index (χ0v) is 12.8. The molecule has 1 aromatic rings. The molecule has 2 rings (SSSR count).